The Bertz CT molecular complexity index is 365. The van der Waals surface area contributed by atoms with Crippen LogP contribution in [0.4, 0.5) is 8.78 Å². The van der Waals surface area contributed by atoms with Gasteiger partial charge in [0.05, 0.1) is 6.61 Å². The summed E-state index contributed by atoms with van der Waals surface area (Å²) in [4.78, 5) is 10.8. The SMILES string of the molecule is CCOC(=O)C(F)(F)Oc1ccc(Br)cc1. The van der Waals surface area contributed by atoms with Crippen LogP contribution in [-0.4, -0.2) is 18.7 Å². The smallest absolute Gasteiger partial charge is 0.459 e. The van der Waals surface area contributed by atoms with Gasteiger partial charge < -0.3 is 9.47 Å². The van der Waals surface area contributed by atoms with E-state index in [0.717, 1.165) is 4.47 Å². The fourth-order valence-electron chi connectivity index (χ4n) is 0.907. The fraction of sp³-hybridized carbons (Fsp3) is 0.300. The fourth-order valence-corrected chi connectivity index (χ4v) is 1.17. The molecule has 0 radical (unpaired) electrons. The van der Waals surface area contributed by atoms with Crippen LogP contribution in [0.2, 0.25) is 0 Å². The molecule has 0 aromatic heterocycles. The highest BCUT2D eigenvalue weighted by Crippen LogP contribution is 2.24. The van der Waals surface area contributed by atoms with Crippen molar-refractivity contribution in [2.75, 3.05) is 6.61 Å². The van der Waals surface area contributed by atoms with Crippen LogP contribution in [0.15, 0.2) is 28.7 Å². The molecular weight excluding hydrogens is 286 g/mol. The Labute approximate surface area is 99.5 Å². The van der Waals surface area contributed by atoms with Crippen molar-refractivity contribution in [2.24, 2.45) is 0 Å². The number of carbonyl (C=O) groups is 1. The van der Waals surface area contributed by atoms with Gasteiger partial charge in [-0.25, -0.2) is 4.79 Å². The third-order valence-electron chi connectivity index (χ3n) is 1.57. The molecule has 0 aliphatic rings. The normalized spacial score (nSPS) is 11.0. The first kappa shape index (κ1) is 12.9. The third-order valence-corrected chi connectivity index (χ3v) is 2.10. The molecule has 0 saturated carbocycles. The quantitative estimate of drug-likeness (QED) is 0.801. The number of hydrogen-bond acceptors (Lipinski definition) is 3. The van der Waals surface area contributed by atoms with Crippen LogP contribution in [0.25, 0.3) is 0 Å². The van der Waals surface area contributed by atoms with Crippen molar-refractivity contribution in [3.63, 3.8) is 0 Å². The van der Waals surface area contributed by atoms with E-state index >= 15 is 0 Å². The van der Waals surface area contributed by atoms with E-state index in [9.17, 15) is 13.6 Å². The van der Waals surface area contributed by atoms with E-state index in [1.807, 2.05) is 0 Å². The summed E-state index contributed by atoms with van der Waals surface area (Å²) in [6, 6.07) is 5.68. The maximum Gasteiger partial charge on any atom is 0.502 e. The van der Waals surface area contributed by atoms with Crippen LogP contribution < -0.4 is 4.74 Å². The van der Waals surface area contributed by atoms with Gasteiger partial charge >= 0.3 is 12.1 Å². The molecule has 6 heteroatoms. The lowest BCUT2D eigenvalue weighted by atomic mass is 10.3. The second-order valence-electron chi connectivity index (χ2n) is 2.79. The second kappa shape index (κ2) is 5.25. The predicted molar refractivity (Wildman–Crippen MR) is 56.4 cm³/mol. The average Bonchev–Trinajstić information content (AvgIpc) is 2.21. The summed E-state index contributed by atoms with van der Waals surface area (Å²) in [5, 5.41) is 0. The lowest BCUT2D eigenvalue weighted by molar-refractivity contribution is -0.216. The molecule has 0 saturated heterocycles. The van der Waals surface area contributed by atoms with Crippen LogP contribution in [0.3, 0.4) is 0 Å². The van der Waals surface area contributed by atoms with Crippen molar-refractivity contribution >= 4 is 21.9 Å². The molecule has 1 rings (SSSR count). The first-order chi connectivity index (χ1) is 7.45. The largest absolute Gasteiger partial charge is 0.502 e. The molecule has 1 aromatic rings. The van der Waals surface area contributed by atoms with Crippen molar-refractivity contribution in [1.82, 2.24) is 0 Å². The molecule has 0 spiro atoms. The highest BCUT2D eigenvalue weighted by Gasteiger charge is 2.44. The van der Waals surface area contributed by atoms with E-state index < -0.39 is 12.1 Å². The van der Waals surface area contributed by atoms with E-state index in [4.69, 9.17) is 0 Å². The number of esters is 1. The molecule has 0 amide bonds. The summed E-state index contributed by atoms with van der Waals surface area (Å²) >= 11 is 3.14. The Morgan fingerprint density at radius 2 is 1.94 bits per heavy atom. The highest BCUT2D eigenvalue weighted by molar-refractivity contribution is 9.10. The molecule has 0 bridgehead atoms. The summed E-state index contributed by atoms with van der Waals surface area (Å²) in [7, 11) is 0. The van der Waals surface area contributed by atoms with Crippen LogP contribution in [0.5, 0.6) is 5.75 Å². The molecular formula is C10H9BrF2O3. The topological polar surface area (TPSA) is 35.5 Å². The van der Waals surface area contributed by atoms with Gasteiger partial charge in [-0.15, -0.1) is 0 Å². The van der Waals surface area contributed by atoms with Crippen molar-refractivity contribution in [1.29, 1.82) is 0 Å². The van der Waals surface area contributed by atoms with Crippen LogP contribution in [0, 0.1) is 0 Å². The molecule has 0 atom stereocenters. The number of carbonyl (C=O) groups excluding carboxylic acids is 1. The number of rotatable bonds is 4. The first-order valence-corrected chi connectivity index (χ1v) is 5.24. The van der Waals surface area contributed by atoms with Gasteiger partial charge in [0.15, 0.2) is 0 Å². The Morgan fingerprint density at radius 3 is 2.44 bits per heavy atom. The summed E-state index contributed by atoms with van der Waals surface area (Å²) in [6.45, 7) is 1.31. The molecule has 1 aromatic carbocycles. The minimum Gasteiger partial charge on any atom is -0.459 e. The minimum atomic E-state index is -3.97. The first-order valence-electron chi connectivity index (χ1n) is 4.45. The summed E-state index contributed by atoms with van der Waals surface area (Å²) in [5.74, 6) is -1.81. The molecule has 0 aliphatic carbocycles. The number of alkyl halides is 2. The molecule has 3 nitrogen and oxygen atoms in total. The zero-order chi connectivity index (χ0) is 12.2. The molecule has 0 N–H and O–H groups in total. The van der Waals surface area contributed by atoms with Crippen molar-refractivity contribution in [3.8, 4) is 5.75 Å². The zero-order valence-corrected chi connectivity index (χ0v) is 9.96. The Morgan fingerprint density at radius 1 is 1.38 bits per heavy atom. The lowest BCUT2D eigenvalue weighted by Crippen LogP contribution is -2.36. The molecule has 0 fully saturated rings. The molecule has 88 valence electrons. The van der Waals surface area contributed by atoms with E-state index in [1.54, 1.807) is 0 Å². The number of hydrogen-bond donors (Lipinski definition) is 0. The summed E-state index contributed by atoms with van der Waals surface area (Å²) in [6.07, 6.45) is -3.97. The van der Waals surface area contributed by atoms with Gasteiger partial charge in [-0.05, 0) is 31.2 Å². The molecule has 0 unspecified atom stereocenters. The van der Waals surface area contributed by atoms with Crippen molar-refractivity contribution in [3.05, 3.63) is 28.7 Å². The van der Waals surface area contributed by atoms with E-state index in [2.05, 4.69) is 25.4 Å². The highest BCUT2D eigenvalue weighted by atomic mass is 79.9. The van der Waals surface area contributed by atoms with Gasteiger partial charge in [-0.1, -0.05) is 15.9 Å². The van der Waals surface area contributed by atoms with Crippen LogP contribution in [-0.2, 0) is 9.53 Å². The van der Waals surface area contributed by atoms with Gasteiger partial charge in [0.2, 0.25) is 0 Å². The van der Waals surface area contributed by atoms with Gasteiger partial charge in [-0.3, -0.25) is 0 Å². The van der Waals surface area contributed by atoms with Crippen molar-refractivity contribution in [2.45, 2.75) is 13.0 Å². The minimum absolute atomic E-state index is 0.110. The van der Waals surface area contributed by atoms with Gasteiger partial charge in [-0.2, -0.15) is 8.78 Å². The number of benzene rings is 1. The Balaban J connectivity index is 2.72. The van der Waals surface area contributed by atoms with Crippen LogP contribution in [0.1, 0.15) is 6.92 Å². The molecule has 16 heavy (non-hydrogen) atoms. The van der Waals surface area contributed by atoms with Crippen molar-refractivity contribution < 1.29 is 23.0 Å². The van der Waals surface area contributed by atoms with Gasteiger partial charge in [0.1, 0.15) is 5.75 Å². The number of ether oxygens (including phenoxy) is 2. The van der Waals surface area contributed by atoms with Gasteiger partial charge in [0.25, 0.3) is 0 Å². The Hall–Kier alpha value is -1.17. The maximum atomic E-state index is 13.1. The molecule has 0 aliphatic heterocycles. The predicted octanol–water partition coefficient (Wildman–Crippen LogP) is 2.98. The van der Waals surface area contributed by atoms with Gasteiger partial charge in [0, 0.05) is 4.47 Å². The molecule has 0 heterocycles. The standard InChI is InChI=1S/C10H9BrF2O3/c1-2-15-9(14)10(12,13)16-8-5-3-7(11)4-6-8/h3-6H,2H2,1H3. The zero-order valence-electron chi connectivity index (χ0n) is 8.38. The second-order valence-corrected chi connectivity index (χ2v) is 3.71. The van der Waals surface area contributed by atoms with E-state index in [1.165, 1.54) is 31.2 Å². The average molecular weight is 295 g/mol. The van der Waals surface area contributed by atoms with Crippen LogP contribution >= 0.6 is 15.9 Å². The van der Waals surface area contributed by atoms with E-state index in [-0.39, 0.29) is 12.4 Å². The number of halogens is 3. The lowest BCUT2D eigenvalue weighted by Gasteiger charge is -2.15. The monoisotopic (exact) mass is 294 g/mol. The summed E-state index contributed by atoms with van der Waals surface area (Å²) in [5.41, 5.74) is 0. The maximum absolute atomic E-state index is 13.1. The summed E-state index contributed by atoms with van der Waals surface area (Å²) < 4.78 is 35.3. The third kappa shape index (κ3) is 3.44. The Kier molecular flexibility index (Phi) is 4.23. The van der Waals surface area contributed by atoms with E-state index in [0.29, 0.717) is 0 Å².